The first-order chi connectivity index (χ1) is 10.0. The van der Waals surface area contributed by atoms with Gasteiger partial charge in [-0.15, -0.1) is 0 Å². The Hall–Kier alpha value is -1.44. The number of sulfonamides is 1. The molecule has 0 saturated carbocycles. The number of pyridine rings is 1. The van der Waals surface area contributed by atoms with Gasteiger partial charge in [-0.1, -0.05) is 0 Å². The summed E-state index contributed by atoms with van der Waals surface area (Å²) in [6.07, 6.45) is 2.17. The van der Waals surface area contributed by atoms with Crippen molar-refractivity contribution in [3.05, 3.63) is 40.7 Å². The predicted octanol–water partition coefficient (Wildman–Crippen LogP) is 2.48. The number of rotatable bonds is 7. The van der Waals surface area contributed by atoms with Gasteiger partial charge in [0, 0.05) is 24.8 Å². The number of anilines is 1. The molecule has 21 heavy (non-hydrogen) atoms. The molecule has 1 unspecified atom stereocenters. The molecule has 114 valence electrons. The molecule has 2 rings (SSSR count). The fraction of sp³-hybridized carbons (Fsp3) is 0.357. The van der Waals surface area contributed by atoms with Gasteiger partial charge in [0.2, 0.25) is 10.0 Å². The smallest absolute Gasteiger partial charge is 0.241 e. The maximum absolute atomic E-state index is 12.4. The number of nitrogens with one attached hydrogen (secondary N) is 2. The van der Waals surface area contributed by atoms with Crippen LogP contribution in [0.3, 0.4) is 0 Å². The second-order valence-corrected chi connectivity index (χ2v) is 7.26. The SMILES string of the molecule is CCNc1cc(S(=O)(=O)NC(C)Cc2ccsc2)ccn1. The first kappa shape index (κ1) is 15.9. The first-order valence-corrected chi connectivity index (χ1v) is 9.17. The van der Waals surface area contributed by atoms with E-state index in [1.807, 2.05) is 30.7 Å². The minimum Gasteiger partial charge on any atom is -0.370 e. The van der Waals surface area contributed by atoms with Gasteiger partial charge >= 0.3 is 0 Å². The van der Waals surface area contributed by atoms with Gasteiger partial charge in [0.25, 0.3) is 0 Å². The minimum absolute atomic E-state index is 0.166. The van der Waals surface area contributed by atoms with Crippen LogP contribution in [0.2, 0.25) is 0 Å². The zero-order valence-corrected chi connectivity index (χ0v) is 13.7. The highest BCUT2D eigenvalue weighted by molar-refractivity contribution is 7.89. The Morgan fingerprint density at radius 1 is 1.38 bits per heavy atom. The molecule has 1 atom stereocenters. The lowest BCUT2D eigenvalue weighted by Crippen LogP contribution is -2.34. The average molecular weight is 325 g/mol. The summed E-state index contributed by atoms with van der Waals surface area (Å²) < 4.78 is 27.4. The van der Waals surface area contributed by atoms with Gasteiger partial charge in [0.15, 0.2) is 0 Å². The average Bonchev–Trinajstić information content (AvgIpc) is 2.91. The molecule has 2 N–H and O–H groups in total. The van der Waals surface area contributed by atoms with E-state index in [0.29, 0.717) is 18.8 Å². The monoisotopic (exact) mass is 325 g/mol. The largest absolute Gasteiger partial charge is 0.370 e. The van der Waals surface area contributed by atoms with E-state index in [2.05, 4.69) is 15.0 Å². The van der Waals surface area contributed by atoms with Gasteiger partial charge in [-0.05, 0) is 48.7 Å². The second-order valence-electron chi connectivity index (χ2n) is 4.77. The Morgan fingerprint density at radius 3 is 2.86 bits per heavy atom. The molecule has 5 nitrogen and oxygen atoms in total. The Morgan fingerprint density at radius 2 is 2.19 bits per heavy atom. The van der Waals surface area contributed by atoms with Gasteiger partial charge in [0.05, 0.1) is 4.90 Å². The first-order valence-electron chi connectivity index (χ1n) is 6.74. The van der Waals surface area contributed by atoms with E-state index >= 15 is 0 Å². The summed E-state index contributed by atoms with van der Waals surface area (Å²) in [6.45, 7) is 4.49. The number of nitrogens with zero attached hydrogens (tertiary/aromatic N) is 1. The van der Waals surface area contributed by atoms with Gasteiger partial charge < -0.3 is 5.32 Å². The molecule has 0 aromatic carbocycles. The van der Waals surface area contributed by atoms with Crippen molar-refractivity contribution in [2.24, 2.45) is 0 Å². The lowest BCUT2D eigenvalue weighted by molar-refractivity contribution is 0.560. The molecule has 0 fully saturated rings. The number of thiophene rings is 1. The van der Waals surface area contributed by atoms with Crippen LogP contribution in [-0.2, 0) is 16.4 Å². The highest BCUT2D eigenvalue weighted by Gasteiger charge is 2.18. The zero-order chi connectivity index (χ0) is 15.3. The summed E-state index contributed by atoms with van der Waals surface area (Å²) in [6, 6.07) is 4.88. The summed E-state index contributed by atoms with van der Waals surface area (Å²) in [4.78, 5) is 4.31. The maximum Gasteiger partial charge on any atom is 0.241 e. The second kappa shape index (κ2) is 7.02. The van der Waals surface area contributed by atoms with E-state index in [9.17, 15) is 8.42 Å². The van der Waals surface area contributed by atoms with Crippen LogP contribution in [0.5, 0.6) is 0 Å². The van der Waals surface area contributed by atoms with E-state index in [1.54, 1.807) is 17.4 Å². The van der Waals surface area contributed by atoms with Crippen molar-refractivity contribution in [2.75, 3.05) is 11.9 Å². The van der Waals surface area contributed by atoms with Gasteiger partial charge in [0.1, 0.15) is 5.82 Å². The zero-order valence-electron chi connectivity index (χ0n) is 12.0. The van der Waals surface area contributed by atoms with Gasteiger partial charge in [-0.25, -0.2) is 18.1 Å². The van der Waals surface area contributed by atoms with Crippen LogP contribution in [-0.4, -0.2) is 26.0 Å². The summed E-state index contributed by atoms with van der Waals surface area (Å²) >= 11 is 1.61. The fourth-order valence-corrected chi connectivity index (χ4v) is 3.93. The van der Waals surface area contributed by atoms with E-state index in [1.165, 1.54) is 12.3 Å². The maximum atomic E-state index is 12.4. The van der Waals surface area contributed by atoms with E-state index < -0.39 is 10.0 Å². The van der Waals surface area contributed by atoms with Crippen LogP contribution in [0.25, 0.3) is 0 Å². The van der Waals surface area contributed by atoms with Crippen LogP contribution in [0.1, 0.15) is 19.4 Å². The molecule has 0 amide bonds. The van der Waals surface area contributed by atoms with Crippen molar-refractivity contribution in [1.82, 2.24) is 9.71 Å². The highest BCUT2D eigenvalue weighted by Crippen LogP contribution is 2.14. The molecule has 2 aromatic heterocycles. The summed E-state index contributed by atoms with van der Waals surface area (Å²) in [7, 11) is -3.53. The van der Waals surface area contributed by atoms with Crippen molar-refractivity contribution in [3.63, 3.8) is 0 Å². The van der Waals surface area contributed by atoms with Crippen LogP contribution >= 0.6 is 11.3 Å². The lowest BCUT2D eigenvalue weighted by atomic mass is 10.1. The summed E-state index contributed by atoms with van der Waals surface area (Å²) in [5, 5.41) is 7.02. The molecule has 7 heteroatoms. The van der Waals surface area contributed by atoms with Crippen molar-refractivity contribution >= 4 is 27.2 Å². The predicted molar refractivity (Wildman–Crippen MR) is 86.2 cm³/mol. The van der Waals surface area contributed by atoms with Crippen molar-refractivity contribution in [1.29, 1.82) is 0 Å². The number of hydrogen-bond acceptors (Lipinski definition) is 5. The third-order valence-corrected chi connectivity index (χ3v) is 5.20. The molecule has 0 aliphatic carbocycles. The Balaban J connectivity index is 2.08. The number of hydrogen-bond donors (Lipinski definition) is 2. The molecular weight excluding hydrogens is 306 g/mol. The van der Waals surface area contributed by atoms with Crippen molar-refractivity contribution < 1.29 is 8.42 Å². The highest BCUT2D eigenvalue weighted by atomic mass is 32.2. The molecule has 0 radical (unpaired) electrons. The standard InChI is InChI=1S/C14H19N3O2S2/c1-3-15-14-9-13(4-6-16-14)21(18,19)17-11(2)8-12-5-7-20-10-12/h4-7,9-11,17H,3,8H2,1-2H3,(H,15,16). The molecule has 0 aliphatic rings. The van der Waals surface area contributed by atoms with Gasteiger partial charge in [-0.2, -0.15) is 11.3 Å². The fourth-order valence-electron chi connectivity index (χ4n) is 1.99. The normalized spacial score (nSPS) is 13.0. The minimum atomic E-state index is -3.53. The topological polar surface area (TPSA) is 71.1 Å². The van der Waals surface area contributed by atoms with E-state index in [-0.39, 0.29) is 10.9 Å². The Bertz CT molecular complexity index is 669. The quantitative estimate of drug-likeness (QED) is 0.820. The molecule has 0 saturated heterocycles. The summed E-state index contributed by atoms with van der Waals surface area (Å²) in [5.74, 6) is 0.561. The van der Waals surface area contributed by atoms with Crippen LogP contribution in [0, 0.1) is 0 Å². The Labute approximate surface area is 129 Å². The molecular formula is C14H19N3O2S2. The van der Waals surface area contributed by atoms with Crippen LogP contribution in [0.4, 0.5) is 5.82 Å². The summed E-state index contributed by atoms with van der Waals surface area (Å²) in [5.41, 5.74) is 1.14. The Kier molecular flexibility index (Phi) is 5.33. The lowest BCUT2D eigenvalue weighted by Gasteiger charge is -2.14. The third kappa shape index (κ3) is 4.52. The molecule has 2 heterocycles. The van der Waals surface area contributed by atoms with E-state index in [0.717, 1.165) is 5.56 Å². The third-order valence-electron chi connectivity index (χ3n) is 2.88. The van der Waals surface area contributed by atoms with Crippen molar-refractivity contribution in [3.8, 4) is 0 Å². The van der Waals surface area contributed by atoms with Gasteiger partial charge in [-0.3, -0.25) is 0 Å². The molecule has 2 aromatic rings. The van der Waals surface area contributed by atoms with E-state index in [4.69, 9.17) is 0 Å². The van der Waals surface area contributed by atoms with Crippen LogP contribution < -0.4 is 10.0 Å². The number of aromatic nitrogens is 1. The molecule has 0 aliphatic heterocycles. The molecule has 0 spiro atoms. The molecule has 0 bridgehead atoms. The van der Waals surface area contributed by atoms with Crippen LogP contribution in [0.15, 0.2) is 40.1 Å². The van der Waals surface area contributed by atoms with Crippen molar-refractivity contribution in [2.45, 2.75) is 31.2 Å².